The number of hydrogen-bond acceptors (Lipinski definition) is 2. The van der Waals surface area contributed by atoms with Gasteiger partial charge in [-0.15, -0.1) is 0 Å². The van der Waals surface area contributed by atoms with E-state index in [0.717, 1.165) is 18.4 Å². The predicted octanol–water partition coefficient (Wildman–Crippen LogP) is 2.19. The Morgan fingerprint density at radius 1 is 1.60 bits per heavy atom. The zero-order valence-corrected chi connectivity index (χ0v) is 9.85. The first-order valence-electron chi connectivity index (χ1n) is 5.85. The molecule has 1 heterocycles. The summed E-state index contributed by atoms with van der Waals surface area (Å²) < 4.78 is 2.23. The van der Waals surface area contributed by atoms with Crippen LogP contribution in [0.15, 0.2) is 12.5 Å². The minimum atomic E-state index is 0.113. The predicted molar refractivity (Wildman–Crippen MR) is 61.3 cm³/mol. The van der Waals surface area contributed by atoms with E-state index in [-0.39, 0.29) is 6.04 Å². The van der Waals surface area contributed by atoms with Crippen LogP contribution < -0.4 is 5.73 Å². The molecule has 0 bridgehead atoms. The molecular weight excluding hydrogens is 186 g/mol. The second-order valence-corrected chi connectivity index (χ2v) is 5.21. The van der Waals surface area contributed by atoms with Crippen LogP contribution in [0.25, 0.3) is 0 Å². The standard InChI is InChI=1S/C12H21N3/c1-8(2)12(13)11-5-14-7-15(11)6-10-4-9(10)3/h5,7-10,12H,4,6,13H2,1-3H3. The molecule has 15 heavy (non-hydrogen) atoms. The highest BCUT2D eigenvalue weighted by Gasteiger charge is 2.33. The van der Waals surface area contributed by atoms with E-state index in [1.165, 1.54) is 12.1 Å². The molecule has 3 atom stereocenters. The van der Waals surface area contributed by atoms with Crippen molar-refractivity contribution in [2.24, 2.45) is 23.5 Å². The van der Waals surface area contributed by atoms with Gasteiger partial charge in [0.2, 0.25) is 0 Å². The molecule has 0 spiro atoms. The average molecular weight is 207 g/mol. The van der Waals surface area contributed by atoms with E-state index >= 15 is 0 Å². The number of hydrogen-bond donors (Lipinski definition) is 1. The summed E-state index contributed by atoms with van der Waals surface area (Å²) in [6.07, 6.45) is 5.19. The van der Waals surface area contributed by atoms with E-state index in [4.69, 9.17) is 5.73 Å². The summed E-state index contributed by atoms with van der Waals surface area (Å²) in [5.41, 5.74) is 7.34. The Morgan fingerprint density at radius 3 is 2.80 bits per heavy atom. The first-order chi connectivity index (χ1) is 7.09. The highest BCUT2D eigenvalue weighted by atomic mass is 15.1. The second-order valence-electron chi connectivity index (χ2n) is 5.21. The normalized spacial score (nSPS) is 27.0. The molecule has 3 unspecified atom stereocenters. The van der Waals surface area contributed by atoms with Crippen LogP contribution in [0.2, 0.25) is 0 Å². The van der Waals surface area contributed by atoms with Crippen molar-refractivity contribution >= 4 is 0 Å². The van der Waals surface area contributed by atoms with Crippen LogP contribution in [0.1, 0.15) is 38.9 Å². The molecule has 0 amide bonds. The molecule has 0 saturated heterocycles. The zero-order valence-electron chi connectivity index (χ0n) is 9.85. The highest BCUT2D eigenvalue weighted by Crippen LogP contribution is 2.39. The van der Waals surface area contributed by atoms with Gasteiger partial charge in [-0.3, -0.25) is 0 Å². The smallest absolute Gasteiger partial charge is 0.0948 e. The van der Waals surface area contributed by atoms with Gasteiger partial charge < -0.3 is 10.3 Å². The fourth-order valence-electron chi connectivity index (χ4n) is 2.01. The average Bonchev–Trinajstić information content (AvgIpc) is 2.70. The molecule has 0 radical (unpaired) electrons. The van der Waals surface area contributed by atoms with E-state index in [2.05, 4.69) is 30.3 Å². The fraction of sp³-hybridized carbons (Fsp3) is 0.750. The Morgan fingerprint density at radius 2 is 2.27 bits per heavy atom. The number of nitrogens with zero attached hydrogens (tertiary/aromatic N) is 2. The number of imidazole rings is 1. The van der Waals surface area contributed by atoms with Gasteiger partial charge in [0, 0.05) is 18.8 Å². The molecule has 3 nitrogen and oxygen atoms in total. The Kier molecular flexibility index (Phi) is 2.83. The van der Waals surface area contributed by atoms with Crippen LogP contribution in [0.5, 0.6) is 0 Å². The lowest BCUT2D eigenvalue weighted by atomic mass is 10.0. The Balaban J connectivity index is 2.07. The maximum atomic E-state index is 6.15. The number of nitrogens with two attached hydrogens (primary N) is 1. The number of rotatable bonds is 4. The lowest BCUT2D eigenvalue weighted by Gasteiger charge is -2.17. The van der Waals surface area contributed by atoms with Crippen molar-refractivity contribution in [2.45, 2.75) is 39.8 Å². The quantitative estimate of drug-likeness (QED) is 0.822. The van der Waals surface area contributed by atoms with E-state index in [9.17, 15) is 0 Å². The summed E-state index contributed by atoms with van der Waals surface area (Å²) in [7, 11) is 0. The van der Waals surface area contributed by atoms with E-state index in [1.54, 1.807) is 0 Å². The summed E-state index contributed by atoms with van der Waals surface area (Å²) in [6.45, 7) is 7.71. The van der Waals surface area contributed by atoms with Crippen molar-refractivity contribution in [1.29, 1.82) is 0 Å². The molecule has 1 fully saturated rings. The molecule has 2 N–H and O–H groups in total. The largest absolute Gasteiger partial charge is 0.333 e. The van der Waals surface area contributed by atoms with Gasteiger partial charge in [-0.1, -0.05) is 20.8 Å². The molecule has 1 aromatic rings. The lowest BCUT2D eigenvalue weighted by molar-refractivity contribution is 0.465. The molecule has 3 heteroatoms. The summed E-state index contributed by atoms with van der Waals surface area (Å²) in [5, 5.41) is 0. The van der Waals surface area contributed by atoms with Gasteiger partial charge in [-0.05, 0) is 24.2 Å². The van der Waals surface area contributed by atoms with Crippen molar-refractivity contribution in [3.8, 4) is 0 Å². The van der Waals surface area contributed by atoms with Crippen LogP contribution in [0.3, 0.4) is 0 Å². The van der Waals surface area contributed by atoms with Crippen LogP contribution in [-0.2, 0) is 6.54 Å². The summed E-state index contributed by atoms with van der Waals surface area (Å²) in [6, 6.07) is 0.113. The molecule has 0 aromatic carbocycles. The van der Waals surface area contributed by atoms with Crippen molar-refractivity contribution in [2.75, 3.05) is 0 Å². The minimum absolute atomic E-state index is 0.113. The van der Waals surface area contributed by atoms with E-state index in [1.807, 2.05) is 12.5 Å². The molecule has 84 valence electrons. The Labute approximate surface area is 91.7 Å². The number of aromatic nitrogens is 2. The SMILES string of the molecule is CC(C)C(N)c1cncn1CC1CC1C. The van der Waals surface area contributed by atoms with E-state index in [0.29, 0.717) is 5.92 Å². The van der Waals surface area contributed by atoms with Gasteiger partial charge in [0.25, 0.3) is 0 Å². The summed E-state index contributed by atoms with van der Waals surface area (Å²) in [5.74, 6) is 2.20. The Hall–Kier alpha value is -0.830. The first kappa shape index (κ1) is 10.7. The minimum Gasteiger partial charge on any atom is -0.333 e. The Bertz CT molecular complexity index is 329. The molecular formula is C12H21N3. The molecule has 1 aliphatic rings. The third-order valence-electron chi connectivity index (χ3n) is 3.51. The van der Waals surface area contributed by atoms with E-state index < -0.39 is 0 Å². The van der Waals surface area contributed by atoms with Crippen LogP contribution in [0, 0.1) is 17.8 Å². The lowest BCUT2D eigenvalue weighted by Crippen LogP contribution is -2.20. The third kappa shape index (κ3) is 2.23. The molecule has 1 saturated carbocycles. The van der Waals surface area contributed by atoms with Crippen molar-refractivity contribution in [3.05, 3.63) is 18.2 Å². The van der Waals surface area contributed by atoms with Crippen molar-refractivity contribution < 1.29 is 0 Å². The molecule has 1 aliphatic carbocycles. The van der Waals surface area contributed by atoms with Gasteiger partial charge in [0.05, 0.1) is 12.0 Å². The fourth-order valence-corrected chi connectivity index (χ4v) is 2.01. The highest BCUT2D eigenvalue weighted by molar-refractivity contribution is 5.06. The topological polar surface area (TPSA) is 43.8 Å². The molecule has 1 aromatic heterocycles. The van der Waals surface area contributed by atoms with Crippen LogP contribution in [-0.4, -0.2) is 9.55 Å². The third-order valence-corrected chi connectivity index (χ3v) is 3.51. The maximum absolute atomic E-state index is 6.15. The summed E-state index contributed by atoms with van der Waals surface area (Å²) in [4.78, 5) is 4.21. The van der Waals surface area contributed by atoms with Gasteiger partial charge in [-0.2, -0.15) is 0 Å². The first-order valence-corrected chi connectivity index (χ1v) is 5.85. The van der Waals surface area contributed by atoms with Gasteiger partial charge in [0.15, 0.2) is 0 Å². The molecule has 0 aliphatic heterocycles. The van der Waals surface area contributed by atoms with Crippen molar-refractivity contribution in [3.63, 3.8) is 0 Å². The van der Waals surface area contributed by atoms with Gasteiger partial charge in [0.1, 0.15) is 0 Å². The van der Waals surface area contributed by atoms with Crippen LogP contribution in [0.4, 0.5) is 0 Å². The van der Waals surface area contributed by atoms with Gasteiger partial charge >= 0.3 is 0 Å². The molecule has 2 rings (SSSR count). The maximum Gasteiger partial charge on any atom is 0.0948 e. The monoisotopic (exact) mass is 207 g/mol. The van der Waals surface area contributed by atoms with Crippen LogP contribution >= 0.6 is 0 Å². The second kappa shape index (κ2) is 3.97. The van der Waals surface area contributed by atoms with Gasteiger partial charge in [-0.25, -0.2) is 4.98 Å². The zero-order chi connectivity index (χ0) is 11.0. The summed E-state index contributed by atoms with van der Waals surface area (Å²) >= 11 is 0. The van der Waals surface area contributed by atoms with Crippen molar-refractivity contribution in [1.82, 2.24) is 9.55 Å².